The number of nitrogens with zero attached hydrogens (tertiary/aromatic N) is 2. The summed E-state index contributed by atoms with van der Waals surface area (Å²) in [6, 6.07) is 4.71. The van der Waals surface area contributed by atoms with Crippen LogP contribution in [0.1, 0.15) is 5.56 Å². The maximum Gasteiger partial charge on any atom is 0.271 e. The van der Waals surface area contributed by atoms with E-state index >= 15 is 0 Å². The molecular weight excluding hydrogens is 180 g/mol. The van der Waals surface area contributed by atoms with Crippen molar-refractivity contribution in [2.75, 3.05) is 19.0 Å². The minimum absolute atomic E-state index is 0.0966. The van der Waals surface area contributed by atoms with Gasteiger partial charge in [0.2, 0.25) is 0 Å². The molecule has 1 aromatic rings. The van der Waals surface area contributed by atoms with Crippen LogP contribution in [-0.4, -0.2) is 19.0 Å². The Morgan fingerprint density at radius 2 is 2.14 bits per heavy atom. The summed E-state index contributed by atoms with van der Waals surface area (Å²) in [6.07, 6.45) is 1.68. The van der Waals surface area contributed by atoms with Gasteiger partial charge in [0.05, 0.1) is 10.6 Å². The number of hydrogen-bond donors (Lipinski definition) is 0. The minimum Gasteiger partial charge on any atom is -0.377 e. The number of non-ortho nitro benzene ring substituents is 1. The van der Waals surface area contributed by atoms with Crippen LogP contribution in [0, 0.1) is 10.1 Å². The van der Waals surface area contributed by atoms with E-state index in [4.69, 9.17) is 0 Å². The van der Waals surface area contributed by atoms with Crippen LogP contribution >= 0.6 is 0 Å². The molecule has 0 aliphatic carbocycles. The van der Waals surface area contributed by atoms with Crippen LogP contribution in [0.15, 0.2) is 24.8 Å². The van der Waals surface area contributed by atoms with Gasteiger partial charge in [-0.1, -0.05) is 12.7 Å². The molecular formula is C10H12N2O2. The van der Waals surface area contributed by atoms with E-state index in [1.165, 1.54) is 12.1 Å². The zero-order chi connectivity index (χ0) is 10.7. The Bertz CT molecular complexity index is 372. The predicted octanol–water partition coefficient (Wildman–Crippen LogP) is 2.30. The Morgan fingerprint density at radius 1 is 1.50 bits per heavy atom. The van der Waals surface area contributed by atoms with Crippen molar-refractivity contribution in [3.63, 3.8) is 0 Å². The number of nitro benzene ring substituents is 1. The van der Waals surface area contributed by atoms with Gasteiger partial charge in [0, 0.05) is 26.2 Å². The zero-order valence-corrected chi connectivity index (χ0v) is 8.23. The third-order valence-corrected chi connectivity index (χ3v) is 1.93. The molecule has 4 heteroatoms. The average molecular weight is 192 g/mol. The van der Waals surface area contributed by atoms with Gasteiger partial charge in [-0.15, -0.1) is 0 Å². The van der Waals surface area contributed by atoms with Crippen molar-refractivity contribution in [1.82, 2.24) is 0 Å². The van der Waals surface area contributed by atoms with Gasteiger partial charge in [-0.25, -0.2) is 0 Å². The van der Waals surface area contributed by atoms with E-state index < -0.39 is 4.92 Å². The predicted molar refractivity (Wildman–Crippen MR) is 57.5 cm³/mol. The first-order chi connectivity index (χ1) is 6.56. The third kappa shape index (κ3) is 1.90. The standard InChI is InChI=1S/C10H12N2O2/c1-4-8-5-6-9(12(13)14)7-10(8)11(2)3/h4-7H,1H2,2-3H3. The molecule has 1 rings (SSSR count). The van der Waals surface area contributed by atoms with Crippen molar-refractivity contribution in [1.29, 1.82) is 0 Å². The van der Waals surface area contributed by atoms with Gasteiger partial charge in [-0.3, -0.25) is 10.1 Å². The summed E-state index contributed by atoms with van der Waals surface area (Å²) in [6.45, 7) is 3.65. The molecule has 0 spiro atoms. The molecule has 14 heavy (non-hydrogen) atoms. The number of rotatable bonds is 3. The van der Waals surface area contributed by atoms with Gasteiger partial charge < -0.3 is 4.90 Å². The highest BCUT2D eigenvalue weighted by atomic mass is 16.6. The van der Waals surface area contributed by atoms with E-state index in [1.807, 2.05) is 19.0 Å². The molecule has 0 aliphatic heterocycles. The Kier molecular flexibility index (Phi) is 2.86. The van der Waals surface area contributed by atoms with Crippen molar-refractivity contribution in [3.8, 4) is 0 Å². The molecule has 0 aromatic heterocycles. The molecule has 1 aromatic carbocycles. The van der Waals surface area contributed by atoms with E-state index in [9.17, 15) is 10.1 Å². The number of benzene rings is 1. The molecule has 0 atom stereocenters. The van der Waals surface area contributed by atoms with Crippen molar-refractivity contribution in [2.24, 2.45) is 0 Å². The largest absolute Gasteiger partial charge is 0.377 e. The Morgan fingerprint density at radius 3 is 2.57 bits per heavy atom. The second-order valence-electron chi connectivity index (χ2n) is 3.10. The van der Waals surface area contributed by atoms with E-state index in [0.717, 1.165) is 11.3 Å². The molecule has 0 aliphatic rings. The van der Waals surface area contributed by atoms with Crippen LogP contribution in [0.25, 0.3) is 6.08 Å². The molecule has 0 N–H and O–H groups in total. The highest BCUT2D eigenvalue weighted by molar-refractivity contribution is 5.69. The van der Waals surface area contributed by atoms with Gasteiger partial charge in [-0.2, -0.15) is 0 Å². The summed E-state index contributed by atoms with van der Waals surface area (Å²) in [5.41, 5.74) is 1.79. The maximum absolute atomic E-state index is 10.5. The first-order valence-corrected chi connectivity index (χ1v) is 4.14. The fourth-order valence-electron chi connectivity index (χ4n) is 1.21. The summed E-state index contributed by atoms with van der Waals surface area (Å²) in [5.74, 6) is 0. The van der Waals surface area contributed by atoms with Crippen LogP contribution in [0.3, 0.4) is 0 Å². The lowest BCUT2D eigenvalue weighted by atomic mass is 10.1. The van der Waals surface area contributed by atoms with Gasteiger partial charge >= 0.3 is 0 Å². The first-order valence-electron chi connectivity index (χ1n) is 4.14. The van der Waals surface area contributed by atoms with Gasteiger partial charge in [0.25, 0.3) is 5.69 Å². The van der Waals surface area contributed by atoms with Gasteiger partial charge in [0.1, 0.15) is 0 Å². The van der Waals surface area contributed by atoms with E-state index in [1.54, 1.807) is 12.1 Å². The lowest BCUT2D eigenvalue weighted by Gasteiger charge is -2.14. The zero-order valence-electron chi connectivity index (χ0n) is 8.23. The first kappa shape index (κ1) is 10.2. The van der Waals surface area contributed by atoms with Crippen molar-refractivity contribution < 1.29 is 4.92 Å². The van der Waals surface area contributed by atoms with Crippen LogP contribution in [0.2, 0.25) is 0 Å². The lowest BCUT2D eigenvalue weighted by Crippen LogP contribution is -2.10. The van der Waals surface area contributed by atoms with Crippen LogP contribution in [0.4, 0.5) is 11.4 Å². The van der Waals surface area contributed by atoms with Gasteiger partial charge in [0.15, 0.2) is 0 Å². The molecule has 74 valence electrons. The number of anilines is 1. The Hall–Kier alpha value is -1.84. The van der Waals surface area contributed by atoms with Crippen LogP contribution in [-0.2, 0) is 0 Å². The fraction of sp³-hybridized carbons (Fsp3) is 0.200. The van der Waals surface area contributed by atoms with Gasteiger partial charge in [-0.05, 0) is 11.6 Å². The fourth-order valence-corrected chi connectivity index (χ4v) is 1.21. The van der Waals surface area contributed by atoms with Crippen LogP contribution < -0.4 is 4.90 Å². The van der Waals surface area contributed by atoms with E-state index in [2.05, 4.69) is 6.58 Å². The summed E-state index contributed by atoms with van der Waals surface area (Å²) in [5, 5.41) is 10.5. The lowest BCUT2D eigenvalue weighted by molar-refractivity contribution is -0.384. The number of nitro groups is 1. The summed E-state index contributed by atoms with van der Waals surface area (Å²) < 4.78 is 0. The van der Waals surface area contributed by atoms with Crippen LogP contribution in [0.5, 0.6) is 0 Å². The van der Waals surface area contributed by atoms with Crippen molar-refractivity contribution in [3.05, 3.63) is 40.5 Å². The van der Waals surface area contributed by atoms with Crippen molar-refractivity contribution >= 4 is 17.5 Å². The van der Waals surface area contributed by atoms with Crippen molar-refractivity contribution in [2.45, 2.75) is 0 Å². The molecule has 4 nitrogen and oxygen atoms in total. The Labute approximate surface area is 82.6 Å². The molecule has 0 bridgehead atoms. The minimum atomic E-state index is -0.403. The smallest absolute Gasteiger partial charge is 0.271 e. The Balaban J connectivity index is 3.27. The quantitative estimate of drug-likeness (QED) is 0.545. The summed E-state index contributed by atoms with van der Waals surface area (Å²) in [7, 11) is 3.68. The molecule has 0 amide bonds. The topological polar surface area (TPSA) is 46.4 Å². The third-order valence-electron chi connectivity index (χ3n) is 1.93. The molecule has 0 saturated carbocycles. The average Bonchev–Trinajstić information content (AvgIpc) is 2.16. The van der Waals surface area contributed by atoms with E-state index in [-0.39, 0.29) is 5.69 Å². The van der Waals surface area contributed by atoms with E-state index in [0.29, 0.717) is 0 Å². The highest BCUT2D eigenvalue weighted by Gasteiger charge is 2.09. The molecule has 0 saturated heterocycles. The SMILES string of the molecule is C=Cc1ccc([N+](=O)[O-])cc1N(C)C. The summed E-state index contributed by atoms with van der Waals surface area (Å²) in [4.78, 5) is 12.0. The maximum atomic E-state index is 10.5. The molecule has 0 radical (unpaired) electrons. The normalized spacial score (nSPS) is 9.57. The second-order valence-corrected chi connectivity index (χ2v) is 3.10. The number of hydrogen-bond acceptors (Lipinski definition) is 3. The summed E-state index contributed by atoms with van der Waals surface area (Å²) >= 11 is 0. The second kappa shape index (κ2) is 3.91. The molecule has 0 unspecified atom stereocenters. The highest BCUT2D eigenvalue weighted by Crippen LogP contribution is 2.25. The monoisotopic (exact) mass is 192 g/mol. The molecule has 0 fully saturated rings. The molecule has 0 heterocycles.